The van der Waals surface area contributed by atoms with Crippen molar-refractivity contribution >= 4 is 5.91 Å². The van der Waals surface area contributed by atoms with Crippen LogP contribution in [0.5, 0.6) is 0 Å². The first-order valence-corrected chi connectivity index (χ1v) is 38.3. The minimum Gasteiger partial charge on any atom is -0.394 e. The summed E-state index contributed by atoms with van der Waals surface area (Å²) in [5.74, 6) is -0.196. The topological polar surface area (TPSA) is 228 Å². The van der Waals surface area contributed by atoms with Crippen molar-refractivity contribution in [1.29, 1.82) is 0 Å². The molecule has 2 fully saturated rings. The number of carbonyl (C=O) groups excluding carboxylic acids is 1. The van der Waals surface area contributed by atoms with Crippen LogP contribution in [0.1, 0.15) is 373 Å². The van der Waals surface area contributed by atoms with Crippen LogP contribution >= 0.6 is 0 Å². The van der Waals surface area contributed by atoms with Crippen molar-refractivity contribution in [2.45, 2.75) is 447 Å². The van der Waals surface area contributed by atoms with E-state index in [2.05, 4.69) is 19.2 Å². The largest absolute Gasteiger partial charge is 0.394 e. The molecule has 0 spiro atoms. The van der Waals surface area contributed by atoms with Crippen LogP contribution < -0.4 is 5.32 Å². The first-order valence-electron chi connectivity index (χ1n) is 38.3. The third-order valence-corrected chi connectivity index (χ3v) is 19.3. The lowest BCUT2D eigenvalue weighted by atomic mass is 9.97. The summed E-state index contributed by atoms with van der Waals surface area (Å²) in [4.78, 5) is 13.4. The van der Waals surface area contributed by atoms with Crippen LogP contribution in [-0.2, 0) is 23.7 Å². The van der Waals surface area contributed by atoms with E-state index in [1.807, 2.05) is 0 Å². The Morgan fingerprint density at radius 1 is 0.364 bits per heavy atom. The van der Waals surface area contributed by atoms with Gasteiger partial charge in [0.15, 0.2) is 12.6 Å². The molecule has 2 saturated heterocycles. The lowest BCUT2D eigenvalue weighted by Gasteiger charge is -2.46. The van der Waals surface area contributed by atoms with Crippen molar-refractivity contribution in [3.8, 4) is 0 Å². The monoisotopic (exact) mass is 1260 g/mol. The number of aliphatic hydroxyl groups excluding tert-OH is 8. The van der Waals surface area contributed by atoms with Crippen molar-refractivity contribution < 1.29 is 64.6 Å². The second kappa shape index (κ2) is 59.7. The van der Waals surface area contributed by atoms with E-state index in [-0.39, 0.29) is 12.5 Å². The van der Waals surface area contributed by atoms with Gasteiger partial charge in [0.1, 0.15) is 48.8 Å². The Hall–Kier alpha value is -1.01. The summed E-state index contributed by atoms with van der Waals surface area (Å²) in [5.41, 5.74) is 0. The van der Waals surface area contributed by atoms with Crippen molar-refractivity contribution in [3.63, 3.8) is 0 Å². The van der Waals surface area contributed by atoms with Gasteiger partial charge in [-0.15, -0.1) is 0 Å². The predicted octanol–water partition coefficient (Wildman–Crippen LogP) is 16.4. The molecule has 14 heteroatoms. The number of unbranched alkanes of at least 4 members (excludes halogenated alkanes) is 52. The highest BCUT2D eigenvalue weighted by atomic mass is 16.7. The maximum absolute atomic E-state index is 13.4. The molecule has 0 saturated carbocycles. The van der Waals surface area contributed by atoms with Gasteiger partial charge in [-0.1, -0.05) is 354 Å². The second-order valence-corrected chi connectivity index (χ2v) is 27.5. The fourth-order valence-corrected chi connectivity index (χ4v) is 13.2. The fraction of sp³-hybridized carbons (Fsp3) is 0.986. The SMILES string of the molecule is CCCCCCCCCCCCCCCCCCCCCCCCCCCCCCCCCC(=O)NC(COC1OC(CO)C(OC2OC(CO)C(O)C(O)C2O)C(O)C1O)C(O)CCCCCCCCCCCCCCCCCCCCCCCCC. The third-order valence-electron chi connectivity index (χ3n) is 19.3. The lowest BCUT2D eigenvalue weighted by molar-refractivity contribution is -0.359. The van der Waals surface area contributed by atoms with Crippen LogP contribution in [0.25, 0.3) is 0 Å². The van der Waals surface area contributed by atoms with E-state index in [0.29, 0.717) is 12.8 Å². The van der Waals surface area contributed by atoms with E-state index in [1.165, 1.54) is 295 Å². The third kappa shape index (κ3) is 43.1. The van der Waals surface area contributed by atoms with Crippen LogP contribution in [0, 0.1) is 0 Å². The standard InChI is InChI=1S/C74H145NO13/c1-3-5-7-9-11-13-15-17-19-21-23-25-27-28-29-30-31-32-33-34-36-38-40-42-44-46-48-50-52-54-56-58-66(79)75-62(61-85-73-71(84)69(82)72(65(60-77)87-73)88-74-70(83)68(81)67(80)64(59-76)86-74)63(78)57-55-53-51-49-47-45-43-41-39-37-35-26-24-22-20-18-16-14-12-10-8-6-4-2/h62-65,67-74,76-78,80-84H,3-61H2,1-2H3,(H,75,79). The number of hydrogen-bond donors (Lipinski definition) is 9. The molecule has 0 aliphatic carbocycles. The van der Waals surface area contributed by atoms with Gasteiger partial charge in [-0.2, -0.15) is 0 Å². The quantitative estimate of drug-likeness (QED) is 0.0259. The zero-order valence-electron chi connectivity index (χ0n) is 57.3. The molecule has 0 aromatic heterocycles. The molecule has 1 amide bonds. The van der Waals surface area contributed by atoms with Crippen LogP contribution in [0.2, 0.25) is 0 Å². The summed E-state index contributed by atoms with van der Waals surface area (Å²) in [6, 6.07) is -0.825. The molecule has 2 aliphatic heterocycles. The summed E-state index contributed by atoms with van der Waals surface area (Å²) in [5, 5.41) is 87.7. The number of nitrogens with one attached hydrogen (secondary N) is 1. The first kappa shape index (κ1) is 83.1. The predicted molar refractivity (Wildman–Crippen MR) is 360 cm³/mol. The van der Waals surface area contributed by atoms with Gasteiger partial charge in [0.25, 0.3) is 0 Å². The van der Waals surface area contributed by atoms with Crippen LogP contribution in [0.15, 0.2) is 0 Å². The van der Waals surface area contributed by atoms with E-state index in [4.69, 9.17) is 18.9 Å². The van der Waals surface area contributed by atoms with Gasteiger partial charge >= 0.3 is 0 Å². The number of amides is 1. The first-order chi connectivity index (χ1) is 43.1. The molecular formula is C74H145NO13. The Balaban J connectivity index is 1.61. The van der Waals surface area contributed by atoms with E-state index in [1.54, 1.807) is 0 Å². The molecule has 9 N–H and O–H groups in total. The summed E-state index contributed by atoms with van der Waals surface area (Å²) < 4.78 is 23.0. The van der Waals surface area contributed by atoms with Gasteiger partial charge in [-0.25, -0.2) is 0 Å². The van der Waals surface area contributed by atoms with Gasteiger partial charge in [0, 0.05) is 6.42 Å². The average molecular weight is 1260 g/mol. The van der Waals surface area contributed by atoms with Crippen LogP contribution in [-0.4, -0.2) is 140 Å². The average Bonchev–Trinajstić information content (AvgIpc) is 3.10. The van der Waals surface area contributed by atoms with Gasteiger partial charge in [-0.05, 0) is 12.8 Å². The zero-order chi connectivity index (χ0) is 63.8. The Kier molecular flexibility index (Phi) is 56.4. The highest BCUT2D eigenvalue weighted by Crippen LogP contribution is 2.30. The van der Waals surface area contributed by atoms with Crippen molar-refractivity contribution in [3.05, 3.63) is 0 Å². The molecule has 2 heterocycles. The smallest absolute Gasteiger partial charge is 0.220 e. The molecule has 0 bridgehead atoms. The van der Waals surface area contributed by atoms with Crippen molar-refractivity contribution in [2.24, 2.45) is 0 Å². The molecule has 0 radical (unpaired) electrons. The molecule has 12 unspecified atom stereocenters. The number of hydrogen-bond acceptors (Lipinski definition) is 13. The normalized spacial score (nSPS) is 23.0. The van der Waals surface area contributed by atoms with Crippen LogP contribution in [0.4, 0.5) is 0 Å². The molecule has 14 nitrogen and oxygen atoms in total. The molecule has 2 rings (SSSR count). The van der Waals surface area contributed by atoms with Gasteiger partial charge in [-0.3, -0.25) is 4.79 Å². The van der Waals surface area contributed by atoms with E-state index >= 15 is 0 Å². The lowest BCUT2D eigenvalue weighted by Crippen LogP contribution is -2.65. The van der Waals surface area contributed by atoms with Crippen molar-refractivity contribution in [1.82, 2.24) is 5.32 Å². The molecule has 0 aromatic carbocycles. The summed E-state index contributed by atoms with van der Waals surface area (Å²) >= 11 is 0. The minimum atomic E-state index is -1.78. The number of rotatable bonds is 65. The number of carbonyl (C=O) groups is 1. The van der Waals surface area contributed by atoms with Gasteiger partial charge in [0.05, 0.1) is 32.0 Å². The number of aliphatic hydroxyl groups is 8. The maximum atomic E-state index is 13.4. The Labute approximate surface area is 540 Å². The number of ether oxygens (including phenoxy) is 4. The fourth-order valence-electron chi connectivity index (χ4n) is 13.2. The van der Waals surface area contributed by atoms with Gasteiger partial charge in [0.2, 0.25) is 5.91 Å². The van der Waals surface area contributed by atoms with E-state index < -0.39 is 86.8 Å². The minimum absolute atomic E-state index is 0.196. The van der Waals surface area contributed by atoms with Crippen molar-refractivity contribution in [2.75, 3.05) is 19.8 Å². The highest BCUT2D eigenvalue weighted by molar-refractivity contribution is 5.76. The Morgan fingerprint density at radius 2 is 0.648 bits per heavy atom. The Bertz CT molecular complexity index is 1480. The second-order valence-electron chi connectivity index (χ2n) is 27.5. The maximum Gasteiger partial charge on any atom is 0.220 e. The Morgan fingerprint density at radius 3 is 0.966 bits per heavy atom. The van der Waals surface area contributed by atoms with Gasteiger partial charge < -0.3 is 65.1 Å². The molecule has 2 aliphatic rings. The molecule has 88 heavy (non-hydrogen) atoms. The summed E-state index contributed by atoms with van der Waals surface area (Å²) in [7, 11) is 0. The zero-order valence-corrected chi connectivity index (χ0v) is 57.3. The summed E-state index contributed by atoms with van der Waals surface area (Å²) in [6.07, 6.45) is 55.7. The van der Waals surface area contributed by atoms with E-state index in [9.17, 15) is 45.6 Å². The van der Waals surface area contributed by atoms with Crippen LogP contribution in [0.3, 0.4) is 0 Å². The van der Waals surface area contributed by atoms with E-state index in [0.717, 1.165) is 51.4 Å². The molecule has 12 atom stereocenters. The summed E-state index contributed by atoms with van der Waals surface area (Å²) in [6.45, 7) is 2.94. The highest BCUT2D eigenvalue weighted by Gasteiger charge is 2.51. The molecule has 0 aromatic rings. The molecule has 524 valence electrons. The molecular weight excluding hydrogens is 1110 g/mol.